The van der Waals surface area contributed by atoms with Crippen LogP contribution in [0.1, 0.15) is 32.1 Å². The van der Waals surface area contributed by atoms with E-state index in [0.29, 0.717) is 6.42 Å². The van der Waals surface area contributed by atoms with Gasteiger partial charge in [-0.25, -0.2) is 8.78 Å². The van der Waals surface area contributed by atoms with Gasteiger partial charge in [-0.2, -0.15) is 0 Å². The standard InChI is InChI=1S/C12H22F2N2O/c13-11(14)3-1-2-10-12(17-9-8-16-10)4-6-15-7-5-12/h10-11,15-16H,1-9H2. The summed E-state index contributed by atoms with van der Waals surface area (Å²) in [6, 6.07) is 0.247. The topological polar surface area (TPSA) is 33.3 Å². The highest BCUT2D eigenvalue weighted by molar-refractivity contribution is 4.98. The maximum absolute atomic E-state index is 12.2. The Bertz CT molecular complexity index is 224. The maximum Gasteiger partial charge on any atom is 0.238 e. The number of nitrogens with one attached hydrogen (secondary N) is 2. The zero-order chi connectivity index (χ0) is 12.1. The first kappa shape index (κ1) is 13.2. The lowest BCUT2D eigenvalue weighted by atomic mass is 9.81. The van der Waals surface area contributed by atoms with Gasteiger partial charge in [0.15, 0.2) is 0 Å². The van der Waals surface area contributed by atoms with E-state index >= 15 is 0 Å². The Hall–Kier alpha value is -0.260. The average molecular weight is 248 g/mol. The highest BCUT2D eigenvalue weighted by atomic mass is 19.3. The highest BCUT2D eigenvalue weighted by Gasteiger charge is 2.42. The molecule has 2 aliphatic heterocycles. The summed E-state index contributed by atoms with van der Waals surface area (Å²) >= 11 is 0. The van der Waals surface area contributed by atoms with Crippen LogP contribution in [-0.4, -0.2) is 44.3 Å². The van der Waals surface area contributed by atoms with Crippen molar-refractivity contribution in [1.29, 1.82) is 0 Å². The normalized spacial score (nSPS) is 28.8. The molecule has 2 N–H and O–H groups in total. The van der Waals surface area contributed by atoms with Crippen molar-refractivity contribution >= 4 is 0 Å². The predicted molar refractivity (Wildman–Crippen MR) is 62.4 cm³/mol. The van der Waals surface area contributed by atoms with Gasteiger partial charge in [0.25, 0.3) is 0 Å². The van der Waals surface area contributed by atoms with Crippen molar-refractivity contribution in [3.8, 4) is 0 Å². The second kappa shape index (κ2) is 6.07. The van der Waals surface area contributed by atoms with E-state index in [0.717, 1.165) is 45.5 Å². The fourth-order valence-electron chi connectivity index (χ4n) is 2.96. The third-order valence-electron chi connectivity index (χ3n) is 3.88. The Labute approximate surface area is 101 Å². The summed E-state index contributed by atoms with van der Waals surface area (Å²) in [5.41, 5.74) is -0.106. The molecule has 2 aliphatic rings. The maximum atomic E-state index is 12.2. The summed E-state index contributed by atoms with van der Waals surface area (Å²) in [4.78, 5) is 0. The van der Waals surface area contributed by atoms with Crippen molar-refractivity contribution < 1.29 is 13.5 Å². The Morgan fingerprint density at radius 2 is 2.00 bits per heavy atom. The van der Waals surface area contributed by atoms with Crippen molar-refractivity contribution in [2.24, 2.45) is 0 Å². The number of hydrogen-bond donors (Lipinski definition) is 2. The third-order valence-corrected chi connectivity index (χ3v) is 3.88. The molecular weight excluding hydrogens is 226 g/mol. The summed E-state index contributed by atoms with van der Waals surface area (Å²) in [6.07, 6.45) is 1.17. The fourth-order valence-corrected chi connectivity index (χ4v) is 2.96. The first-order chi connectivity index (χ1) is 8.23. The van der Waals surface area contributed by atoms with Crippen LogP contribution in [0.3, 0.4) is 0 Å². The number of ether oxygens (including phenoxy) is 1. The first-order valence-corrected chi connectivity index (χ1v) is 6.59. The van der Waals surface area contributed by atoms with Gasteiger partial charge in [-0.1, -0.05) is 0 Å². The molecule has 2 saturated heterocycles. The summed E-state index contributed by atoms with van der Waals surface area (Å²) in [6.45, 7) is 3.51. The van der Waals surface area contributed by atoms with Crippen molar-refractivity contribution in [2.75, 3.05) is 26.2 Å². The smallest absolute Gasteiger partial charge is 0.238 e. The van der Waals surface area contributed by atoms with E-state index in [-0.39, 0.29) is 18.1 Å². The highest BCUT2D eigenvalue weighted by Crippen LogP contribution is 2.32. The van der Waals surface area contributed by atoms with E-state index in [9.17, 15) is 8.78 Å². The van der Waals surface area contributed by atoms with E-state index in [1.807, 2.05) is 0 Å². The van der Waals surface area contributed by atoms with Crippen LogP contribution in [0.15, 0.2) is 0 Å². The lowest BCUT2D eigenvalue weighted by molar-refractivity contribution is -0.116. The van der Waals surface area contributed by atoms with Gasteiger partial charge in [-0.3, -0.25) is 0 Å². The van der Waals surface area contributed by atoms with Crippen LogP contribution in [0.25, 0.3) is 0 Å². The number of rotatable bonds is 4. The zero-order valence-electron chi connectivity index (χ0n) is 10.2. The molecule has 2 heterocycles. The molecule has 2 rings (SSSR count). The molecule has 3 nitrogen and oxygen atoms in total. The lowest BCUT2D eigenvalue weighted by Crippen LogP contribution is -2.61. The molecule has 100 valence electrons. The summed E-state index contributed by atoms with van der Waals surface area (Å²) < 4.78 is 30.3. The molecule has 2 fully saturated rings. The van der Waals surface area contributed by atoms with Gasteiger partial charge in [0.05, 0.1) is 12.2 Å². The van der Waals surface area contributed by atoms with Crippen molar-refractivity contribution in [3.63, 3.8) is 0 Å². The molecule has 17 heavy (non-hydrogen) atoms. The molecule has 0 bridgehead atoms. The second-order valence-electron chi connectivity index (χ2n) is 4.99. The molecule has 0 amide bonds. The van der Waals surface area contributed by atoms with Gasteiger partial charge in [0.1, 0.15) is 0 Å². The van der Waals surface area contributed by atoms with Crippen LogP contribution in [-0.2, 0) is 4.74 Å². The van der Waals surface area contributed by atoms with E-state index in [2.05, 4.69) is 10.6 Å². The van der Waals surface area contributed by atoms with Gasteiger partial charge in [-0.15, -0.1) is 0 Å². The Morgan fingerprint density at radius 3 is 2.71 bits per heavy atom. The molecule has 1 unspecified atom stereocenters. The number of hydrogen-bond acceptors (Lipinski definition) is 3. The largest absolute Gasteiger partial charge is 0.372 e. The third kappa shape index (κ3) is 3.36. The minimum atomic E-state index is -2.18. The Morgan fingerprint density at radius 1 is 1.24 bits per heavy atom. The van der Waals surface area contributed by atoms with Gasteiger partial charge in [0, 0.05) is 19.0 Å². The molecule has 0 aliphatic carbocycles. The molecule has 5 heteroatoms. The summed E-state index contributed by atoms with van der Waals surface area (Å²) in [5, 5.41) is 6.78. The first-order valence-electron chi connectivity index (χ1n) is 6.59. The lowest BCUT2D eigenvalue weighted by Gasteiger charge is -2.47. The van der Waals surface area contributed by atoms with E-state index < -0.39 is 6.43 Å². The molecule has 0 aromatic rings. The van der Waals surface area contributed by atoms with Crippen molar-refractivity contribution in [2.45, 2.75) is 50.2 Å². The van der Waals surface area contributed by atoms with Gasteiger partial charge >= 0.3 is 0 Å². The number of halogens is 2. The molecule has 1 atom stereocenters. The monoisotopic (exact) mass is 248 g/mol. The molecule has 0 radical (unpaired) electrons. The van der Waals surface area contributed by atoms with Gasteiger partial charge < -0.3 is 15.4 Å². The second-order valence-corrected chi connectivity index (χ2v) is 4.99. The minimum absolute atomic E-state index is 0.00646. The Balaban J connectivity index is 1.87. The molecule has 0 aromatic heterocycles. The van der Waals surface area contributed by atoms with Gasteiger partial charge in [-0.05, 0) is 38.8 Å². The quantitative estimate of drug-likeness (QED) is 0.791. The van der Waals surface area contributed by atoms with Crippen molar-refractivity contribution in [1.82, 2.24) is 10.6 Å². The molecule has 0 saturated carbocycles. The zero-order valence-corrected chi connectivity index (χ0v) is 10.2. The van der Waals surface area contributed by atoms with Crippen LogP contribution in [0, 0.1) is 0 Å². The molecular formula is C12H22F2N2O. The SMILES string of the molecule is FC(F)CCCC1NCCOC12CCNCC2. The number of morpholine rings is 1. The van der Waals surface area contributed by atoms with Gasteiger partial charge in [0.2, 0.25) is 6.43 Å². The molecule has 1 spiro atoms. The van der Waals surface area contributed by atoms with Crippen LogP contribution in [0.2, 0.25) is 0 Å². The van der Waals surface area contributed by atoms with E-state index in [1.54, 1.807) is 0 Å². The molecule has 0 aromatic carbocycles. The fraction of sp³-hybridized carbons (Fsp3) is 1.00. The van der Waals surface area contributed by atoms with Crippen LogP contribution < -0.4 is 10.6 Å². The van der Waals surface area contributed by atoms with Crippen molar-refractivity contribution in [3.05, 3.63) is 0 Å². The number of alkyl halides is 2. The van der Waals surface area contributed by atoms with Crippen LogP contribution in [0.5, 0.6) is 0 Å². The number of piperidine rings is 1. The van der Waals surface area contributed by atoms with E-state index in [4.69, 9.17) is 4.74 Å². The van der Waals surface area contributed by atoms with Crippen LogP contribution >= 0.6 is 0 Å². The summed E-state index contributed by atoms with van der Waals surface area (Å²) in [5.74, 6) is 0. The minimum Gasteiger partial charge on any atom is -0.372 e. The summed E-state index contributed by atoms with van der Waals surface area (Å²) in [7, 11) is 0. The Kier molecular flexibility index (Phi) is 4.70. The van der Waals surface area contributed by atoms with Crippen LogP contribution in [0.4, 0.5) is 8.78 Å². The average Bonchev–Trinajstić information content (AvgIpc) is 2.32. The van der Waals surface area contributed by atoms with E-state index in [1.165, 1.54) is 0 Å². The predicted octanol–water partition coefficient (Wildman–Crippen LogP) is 1.53.